The molecule has 0 saturated carbocycles. The van der Waals surface area contributed by atoms with Crippen LogP contribution in [0.1, 0.15) is 24.5 Å². The first-order chi connectivity index (χ1) is 9.45. The van der Waals surface area contributed by atoms with Crippen molar-refractivity contribution in [2.45, 2.75) is 33.2 Å². The van der Waals surface area contributed by atoms with Crippen molar-refractivity contribution in [2.75, 3.05) is 25.0 Å². The zero-order valence-corrected chi connectivity index (χ0v) is 12.6. The van der Waals surface area contributed by atoms with Gasteiger partial charge >= 0.3 is 0 Å². The van der Waals surface area contributed by atoms with Gasteiger partial charge < -0.3 is 11.1 Å². The van der Waals surface area contributed by atoms with Gasteiger partial charge in [0.1, 0.15) is 0 Å². The van der Waals surface area contributed by atoms with Gasteiger partial charge in [-0.3, -0.25) is 9.69 Å². The molecule has 1 aromatic rings. The Hall–Kier alpha value is -1.39. The Labute approximate surface area is 121 Å². The van der Waals surface area contributed by atoms with Crippen LogP contribution in [-0.2, 0) is 4.79 Å². The third-order valence-electron chi connectivity index (χ3n) is 4.09. The molecule has 20 heavy (non-hydrogen) atoms. The first kappa shape index (κ1) is 15.0. The highest BCUT2D eigenvalue weighted by Crippen LogP contribution is 2.17. The average molecular weight is 275 g/mol. The molecule has 2 atom stereocenters. The molecule has 110 valence electrons. The topological polar surface area (TPSA) is 58.4 Å². The lowest BCUT2D eigenvalue weighted by Crippen LogP contribution is -2.48. The molecule has 0 radical (unpaired) electrons. The monoisotopic (exact) mass is 275 g/mol. The van der Waals surface area contributed by atoms with Gasteiger partial charge in [0.15, 0.2) is 0 Å². The summed E-state index contributed by atoms with van der Waals surface area (Å²) in [6, 6.07) is 6.38. The maximum Gasteiger partial charge on any atom is 0.238 e. The predicted octanol–water partition coefficient (Wildman–Crippen LogP) is 1.91. The Morgan fingerprint density at radius 2 is 2.20 bits per heavy atom. The normalized spacial score (nSPS) is 23.6. The quantitative estimate of drug-likeness (QED) is 0.886. The van der Waals surface area contributed by atoms with E-state index in [1.807, 2.05) is 26.0 Å². The van der Waals surface area contributed by atoms with E-state index in [-0.39, 0.29) is 11.9 Å². The third-order valence-corrected chi connectivity index (χ3v) is 4.09. The van der Waals surface area contributed by atoms with Crippen molar-refractivity contribution in [3.05, 3.63) is 29.3 Å². The molecule has 1 fully saturated rings. The first-order valence-electron chi connectivity index (χ1n) is 7.30. The van der Waals surface area contributed by atoms with Crippen LogP contribution in [0.2, 0.25) is 0 Å². The van der Waals surface area contributed by atoms with Crippen molar-refractivity contribution in [1.82, 2.24) is 4.90 Å². The van der Waals surface area contributed by atoms with Crippen molar-refractivity contribution in [3.8, 4) is 0 Å². The second-order valence-electron chi connectivity index (χ2n) is 6.03. The summed E-state index contributed by atoms with van der Waals surface area (Å²) in [7, 11) is 0. The molecular weight excluding hydrogens is 250 g/mol. The Balaban J connectivity index is 1.91. The number of nitrogens with two attached hydrogens (primary N) is 1. The van der Waals surface area contributed by atoms with Gasteiger partial charge in [-0.25, -0.2) is 0 Å². The van der Waals surface area contributed by atoms with Crippen LogP contribution < -0.4 is 11.1 Å². The predicted molar refractivity (Wildman–Crippen MR) is 82.7 cm³/mol. The number of aryl methyl sites for hydroxylation is 2. The van der Waals surface area contributed by atoms with E-state index in [2.05, 4.69) is 23.2 Å². The van der Waals surface area contributed by atoms with Crippen molar-refractivity contribution >= 4 is 11.6 Å². The fourth-order valence-electron chi connectivity index (χ4n) is 2.66. The fraction of sp³-hybridized carbons (Fsp3) is 0.562. The largest absolute Gasteiger partial charge is 0.327 e. The molecule has 3 N–H and O–H groups in total. The Morgan fingerprint density at radius 3 is 2.90 bits per heavy atom. The molecule has 1 aliphatic heterocycles. The summed E-state index contributed by atoms with van der Waals surface area (Å²) in [5.41, 5.74) is 9.17. The highest BCUT2D eigenvalue weighted by Gasteiger charge is 2.24. The smallest absolute Gasteiger partial charge is 0.238 e. The first-order valence-corrected chi connectivity index (χ1v) is 7.30. The molecule has 1 aromatic carbocycles. The van der Waals surface area contributed by atoms with Crippen LogP contribution >= 0.6 is 0 Å². The zero-order chi connectivity index (χ0) is 14.7. The van der Waals surface area contributed by atoms with E-state index < -0.39 is 0 Å². The third kappa shape index (κ3) is 3.81. The highest BCUT2D eigenvalue weighted by atomic mass is 16.2. The molecule has 2 rings (SSSR count). The number of nitrogens with one attached hydrogen (secondary N) is 1. The van der Waals surface area contributed by atoms with Crippen LogP contribution in [0.4, 0.5) is 5.69 Å². The van der Waals surface area contributed by atoms with E-state index in [4.69, 9.17) is 5.73 Å². The van der Waals surface area contributed by atoms with Crippen LogP contribution in [0, 0.1) is 19.8 Å². The Morgan fingerprint density at radius 1 is 1.45 bits per heavy atom. The van der Waals surface area contributed by atoms with E-state index in [1.165, 1.54) is 0 Å². The molecule has 1 amide bonds. The number of rotatable bonds is 3. The summed E-state index contributed by atoms with van der Waals surface area (Å²) >= 11 is 0. The SMILES string of the molecule is Cc1ccc(C)c(NC(=O)CN2CCC(N)C(C)C2)c1. The molecule has 0 bridgehead atoms. The molecule has 1 aliphatic rings. The molecule has 4 nitrogen and oxygen atoms in total. The van der Waals surface area contributed by atoms with Gasteiger partial charge in [-0.2, -0.15) is 0 Å². The lowest BCUT2D eigenvalue weighted by atomic mass is 9.95. The van der Waals surface area contributed by atoms with Gasteiger partial charge in [0.25, 0.3) is 0 Å². The zero-order valence-electron chi connectivity index (χ0n) is 12.6. The van der Waals surface area contributed by atoms with Crippen LogP contribution in [-0.4, -0.2) is 36.5 Å². The lowest BCUT2D eigenvalue weighted by Gasteiger charge is -2.34. The fourth-order valence-corrected chi connectivity index (χ4v) is 2.66. The number of carbonyl (C=O) groups is 1. The second-order valence-corrected chi connectivity index (χ2v) is 6.03. The standard InChI is InChI=1S/C16H25N3O/c1-11-4-5-12(2)15(8-11)18-16(20)10-19-7-6-14(17)13(3)9-19/h4-5,8,13-14H,6-7,9-10,17H2,1-3H3,(H,18,20). The summed E-state index contributed by atoms with van der Waals surface area (Å²) in [5, 5.41) is 3.01. The van der Waals surface area contributed by atoms with Crippen molar-refractivity contribution < 1.29 is 4.79 Å². The maximum atomic E-state index is 12.1. The van der Waals surface area contributed by atoms with Crippen LogP contribution in [0.5, 0.6) is 0 Å². The van der Waals surface area contributed by atoms with E-state index in [0.717, 1.165) is 36.3 Å². The van der Waals surface area contributed by atoms with Crippen molar-refractivity contribution in [2.24, 2.45) is 11.7 Å². The number of likely N-dealkylation sites (tertiary alicyclic amines) is 1. The van der Waals surface area contributed by atoms with Crippen LogP contribution in [0.3, 0.4) is 0 Å². The molecular formula is C16H25N3O. The highest BCUT2D eigenvalue weighted by molar-refractivity contribution is 5.93. The summed E-state index contributed by atoms with van der Waals surface area (Å²) in [5.74, 6) is 0.513. The van der Waals surface area contributed by atoms with E-state index in [9.17, 15) is 4.79 Å². The number of nitrogens with zero attached hydrogens (tertiary/aromatic N) is 1. The van der Waals surface area contributed by atoms with Gasteiger partial charge in [0.05, 0.1) is 6.54 Å². The van der Waals surface area contributed by atoms with Gasteiger partial charge in [0, 0.05) is 24.8 Å². The number of piperidine rings is 1. The Kier molecular flexibility index (Phi) is 4.78. The molecule has 1 heterocycles. The number of carbonyl (C=O) groups excluding carboxylic acids is 1. The maximum absolute atomic E-state index is 12.1. The van der Waals surface area contributed by atoms with E-state index in [1.54, 1.807) is 0 Å². The molecule has 0 aromatic heterocycles. The minimum absolute atomic E-state index is 0.0568. The minimum atomic E-state index is 0.0568. The van der Waals surface area contributed by atoms with Crippen molar-refractivity contribution in [1.29, 1.82) is 0 Å². The van der Waals surface area contributed by atoms with Gasteiger partial charge in [-0.15, -0.1) is 0 Å². The number of hydrogen-bond donors (Lipinski definition) is 2. The van der Waals surface area contributed by atoms with Crippen LogP contribution in [0.25, 0.3) is 0 Å². The second kappa shape index (κ2) is 6.37. The number of amides is 1. The van der Waals surface area contributed by atoms with E-state index >= 15 is 0 Å². The summed E-state index contributed by atoms with van der Waals surface area (Å²) in [6.07, 6.45) is 0.970. The molecule has 0 aliphatic carbocycles. The number of benzene rings is 1. The molecule has 4 heteroatoms. The summed E-state index contributed by atoms with van der Waals surface area (Å²) in [4.78, 5) is 14.3. The van der Waals surface area contributed by atoms with Gasteiger partial charge in [0.2, 0.25) is 5.91 Å². The van der Waals surface area contributed by atoms with E-state index in [0.29, 0.717) is 12.5 Å². The number of hydrogen-bond acceptors (Lipinski definition) is 3. The average Bonchev–Trinajstić information content (AvgIpc) is 2.38. The lowest BCUT2D eigenvalue weighted by molar-refractivity contribution is -0.117. The molecule has 1 saturated heterocycles. The van der Waals surface area contributed by atoms with Crippen LogP contribution in [0.15, 0.2) is 18.2 Å². The molecule has 2 unspecified atom stereocenters. The summed E-state index contributed by atoms with van der Waals surface area (Å²) in [6.45, 7) is 8.46. The van der Waals surface area contributed by atoms with Gasteiger partial charge in [-0.05, 0) is 43.4 Å². The molecule has 0 spiro atoms. The summed E-state index contributed by atoms with van der Waals surface area (Å²) < 4.78 is 0. The number of anilines is 1. The Bertz CT molecular complexity index is 487. The van der Waals surface area contributed by atoms with Gasteiger partial charge in [-0.1, -0.05) is 19.1 Å². The van der Waals surface area contributed by atoms with Crippen molar-refractivity contribution in [3.63, 3.8) is 0 Å². The minimum Gasteiger partial charge on any atom is -0.327 e.